The number of carbonyl (C=O) groups is 1. The number of aromatic amines is 1. The SMILES string of the molecule is CC(C)C(C)(CN)NC(=O)c1n[nH]c2ccccc12.Cl. The van der Waals surface area contributed by atoms with Crippen LogP contribution in [0.4, 0.5) is 0 Å². The Morgan fingerprint density at radius 2 is 2.10 bits per heavy atom. The zero-order valence-corrected chi connectivity index (χ0v) is 12.8. The molecule has 0 aliphatic carbocycles. The number of nitrogens with one attached hydrogen (secondary N) is 2. The van der Waals surface area contributed by atoms with E-state index in [1.54, 1.807) is 0 Å². The predicted molar refractivity (Wildman–Crippen MR) is 83.1 cm³/mol. The second-order valence-electron chi connectivity index (χ2n) is 5.35. The standard InChI is InChI=1S/C14H20N4O.ClH/c1-9(2)14(3,8-15)16-13(19)12-10-6-4-5-7-11(10)17-18-12;/h4-7,9H,8,15H2,1-3H3,(H,16,19)(H,17,18);1H. The molecule has 0 saturated heterocycles. The monoisotopic (exact) mass is 296 g/mol. The molecule has 5 nitrogen and oxygen atoms in total. The lowest BCUT2D eigenvalue weighted by Crippen LogP contribution is -2.55. The van der Waals surface area contributed by atoms with Crippen molar-refractivity contribution in [2.24, 2.45) is 11.7 Å². The topological polar surface area (TPSA) is 83.8 Å². The molecule has 1 atom stereocenters. The molecule has 2 rings (SSSR count). The summed E-state index contributed by atoms with van der Waals surface area (Å²) in [5, 5.41) is 10.8. The molecule has 0 aliphatic rings. The summed E-state index contributed by atoms with van der Waals surface area (Å²) in [4.78, 5) is 12.3. The first-order chi connectivity index (χ1) is 8.98. The van der Waals surface area contributed by atoms with Gasteiger partial charge in [0.1, 0.15) is 0 Å². The van der Waals surface area contributed by atoms with Crippen LogP contribution in [0.25, 0.3) is 10.9 Å². The zero-order chi connectivity index (χ0) is 14.0. The van der Waals surface area contributed by atoms with Crippen molar-refractivity contribution in [3.05, 3.63) is 30.0 Å². The molecule has 0 fully saturated rings. The maximum Gasteiger partial charge on any atom is 0.272 e. The number of amides is 1. The largest absolute Gasteiger partial charge is 0.344 e. The van der Waals surface area contributed by atoms with Crippen LogP contribution >= 0.6 is 12.4 Å². The Balaban J connectivity index is 0.00000200. The van der Waals surface area contributed by atoms with Gasteiger partial charge in [-0.05, 0) is 18.9 Å². The van der Waals surface area contributed by atoms with Gasteiger partial charge in [-0.2, -0.15) is 5.10 Å². The third-order valence-corrected chi connectivity index (χ3v) is 3.78. The summed E-state index contributed by atoms with van der Waals surface area (Å²) >= 11 is 0. The molecule has 1 unspecified atom stereocenters. The fraction of sp³-hybridized carbons (Fsp3) is 0.429. The Hall–Kier alpha value is -1.59. The van der Waals surface area contributed by atoms with Crippen LogP contribution in [0.15, 0.2) is 24.3 Å². The molecule has 2 aromatic rings. The number of para-hydroxylation sites is 1. The van der Waals surface area contributed by atoms with Crippen LogP contribution in [0.5, 0.6) is 0 Å². The van der Waals surface area contributed by atoms with Crippen LogP contribution in [0.3, 0.4) is 0 Å². The summed E-state index contributed by atoms with van der Waals surface area (Å²) in [5.41, 5.74) is 6.61. The van der Waals surface area contributed by atoms with E-state index in [2.05, 4.69) is 15.5 Å². The minimum absolute atomic E-state index is 0. The number of rotatable bonds is 4. The molecule has 1 heterocycles. The predicted octanol–water partition coefficient (Wildman–Crippen LogP) is 2.09. The van der Waals surface area contributed by atoms with Crippen molar-refractivity contribution >= 4 is 29.2 Å². The van der Waals surface area contributed by atoms with Crippen LogP contribution in [0.1, 0.15) is 31.3 Å². The van der Waals surface area contributed by atoms with Gasteiger partial charge in [-0.15, -0.1) is 12.4 Å². The number of benzene rings is 1. The number of hydrogen-bond acceptors (Lipinski definition) is 3. The molecule has 0 radical (unpaired) electrons. The lowest BCUT2D eigenvalue weighted by Gasteiger charge is -2.33. The number of hydrogen-bond donors (Lipinski definition) is 3. The van der Waals surface area contributed by atoms with Gasteiger partial charge in [0.05, 0.1) is 11.1 Å². The highest BCUT2D eigenvalue weighted by Gasteiger charge is 2.30. The van der Waals surface area contributed by atoms with Crippen LogP contribution in [-0.2, 0) is 0 Å². The molecule has 20 heavy (non-hydrogen) atoms. The number of fused-ring (bicyclic) bond motifs is 1. The Morgan fingerprint density at radius 1 is 1.45 bits per heavy atom. The van der Waals surface area contributed by atoms with E-state index in [1.165, 1.54) is 0 Å². The van der Waals surface area contributed by atoms with Gasteiger partial charge < -0.3 is 11.1 Å². The lowest BCUT2D eigenvalue weighted by molar-refractivity contribution is 0.0879. The van der Waals surface area contributed by atoms with E-state index in [-0.39, 0.29) is 24.2 Å². The van der Waals surface area contributed by atoms with E-state index >= 15 is 0 Å². The highest BCUT2D eigenvalue weighted by atomic mass is 35.5. The van der Waals surface area contributed by atoms with Crippen molar-refractivity contribution in [1.82, 2.24) is 15.5 Å². The molecule has 4 N–H and O–H groups in total. The minimum atomic E-state index is -0.433. The Bertz CT molecular complexity index is 596. The Kier molecular flexibility index (Phi) is 5.14. The Morgan fingerprint density at radius 3 is 2.70 bits per heavy atom. The molecular formula is C14H21ClN4O. The van der Waals surface area contributed by atoms with Gasteiger partial charge in [-0.3, -0.25) is 9.89 Å². The van der Waals surface area contributed by atoms with Crippen LogP contribution in [-0.4, -0.2) is 28.2 Å². The van der Waals surface area contributed by atoms with Gasteiger partial charge in [0.25, 0.3) is 5.91 Å². The molecule has 6 heteroatoms. The number of aromatic nitrogens is 2. The minimum Gasteiger partial charge on any atom is -0.344 e. The Labute approximate surface area is 124 Å². The summed E-state index contributed by atoms with van der Waals surface area (Å²) < 4.78 is 0. The molecule has 0 spiro atoms. The van der Waals surface area contributed by atoms with Crippen LogP contribution < -0.4 is 11.1 Å². The zero-order valence-electron chi connectivity index (χ0n) is 11.9. The molecule has 1 aromatic carbocycles. The molecule has 110 valence electrons. The first-order valence-electron chi connectivity index (χ1n) is 6.43. The third-order valence-electron chi connectivity index (χ3n) is 3.78. The highest BCUT2D eigenvalue weighted by Crippen LogP contribution is 2.19. The number of nitrogens with two attached hydrogens (primary N) is 1. The second kappa shape index (κ2) is 6.24. The van der Waals surface area contributed by atoms with Crippen molar-refractivity contribution in [3.63, 3.8) is 0 Å². The summed E-state index contributed by atoms with van der Waals surface area (Å²) in [5.74, 6) is 0.0470. The fourth-order valence-corrected chi connectivity index (χ4v) is 1.89. The van der Waals surface area contributed by atoms with Crippen molar-refractivity contribution < 1.29 is 4.79 Å². The van der Waals surface area contributed by atoms with Gasteiger partial charge in [0, 0.05) is 11.9 Å². The quantitative estimate of drug-likeness (QED) is 0.808. The van der Waals surface area contributed by atoms with E-state index in [0.29, 0.717) is 12.2 Å². The normalized spacial score (nSPS) is 13.8. The average molecular weight is 297 g/mol. The lowest BCUT2D eigenvalue weighted by atomic mass is 9.88. The van der Waals surface area contributed by atoms with Crippen molar-refractivity contribution in [1.29, 1.82) is 0 Å². The average Bonchev–Trinajstić information content (AvgIpc) is 2.82. The highest BCUT2D eigenvalue weighted by molar-refractivity contribution is 6.04. The van der Waals surface area contributed by atoms with E-state index in [4.69, 9.17) is 5.73 Å². The van der Waals surface area contributed by atoms with E-state index < -0.39 is 5.54 Å². The van der Waals surface area contributed by atoms with E-state index in [1.807, 2.05) is 45.0 Å². The molecule has 0 bridgehead atoms. The van der Waals surface area contributed by atoms with Crippen LogP contribution in [0, 0.1) is 5.92 Å². The maximum atomic E-state index is 12.3. The van der Waals surface area contributed by atoms with Crippen molar-refractivity contribution in [2.75, 3.05) is 6.54 Å². The first-order valence-corrected chi connectivity index (χ1v) is 6.43. The van der Waals surface area contributed by atoms with E-state index in [0.717, 1.165) is 10.9 Å². The van der Waals surface area contributed by atoms with Gasteiger partial charge >= 0.3 is 0 Å². The second-order valence-corrected chi connectivity index (χ2v) is 5.35. The van der Waals surface area contributed by atoms with Crippen molar-refractivity contribution in [2.45, 2.75) is 26.3 Å². The summed E-state index contributed by atoms with van der Waals surface area (Å²) in [7, 11) is 0. The number of nitrogens with zero attached hydrogens (tertiary/aromatic N) is 1. The number of halogens is 1. The first kappa shape index (κ1) is 16.5. The molecular weight excluding hydrogens is 276 g/mol. The van der Waals surface area contributed by atoms with Gasteiger partial charge in [-0.1, -0.05) is 32.0 Å². The smallest absolute Gasteiger partial charge is 0.272 e. The van der Waals surface area contributed by atoms with Gasteiger partial charge in [-0.25, -0.2) is 0 Å². The molecule has 0 saturated carbocycles. The fourth-order valence-electron chi connectivity index (χ4n) is 1.89. The number of carbonyl (C=O) groups excluding carboxylic acids is 1. The summed E-state index contributed by atoms with van der Waals surface area (Å²) in [6.45, 7) is 6.41. The summed E-state index contributed by atoms with van der Waals surface area (Å²) in [6, 6.07) is 7.56. The summed E-state index contributed by atoms with van der Waals surface area (Å²) in [6.07, 6.45) is 0. The van der Waals surface area contributed by atoms with Gasteiger partial charge in [0.15, 0.2) is 5.69 Å². The molecule has 1 aromatic heterocycles. The van der Waals surface area contributed by atoms with E-state index in [9.17, 15) is 4.79 Å². The van der Waals surface area contributed by atoms with Crippen LogP contribution in [0.2, 0.25) is 0 Å². The number of H-pyrrole nitrogens is 1. The van der Waals surface area contributed by atoms with Crippen molar-refractivity contribution in [3.8, 4) is 0 Å². The maximum absolute atomic E-state index is 12.3. The molecule has 0 aliphatic heterocycles. The third kappa shape index (κ3) is 2.94. The van der Waals surface area contributed by atoms with Gasteiger partial charge in [0.2, 0.25) is 0 Å². The molecule has 1 amide bonds.